The molecule has 1 saturated heterocycles. The Morgan fingerprint density at radius 3 is 2.44 bits per heavy atom. The first kappa shape index (κ1) is 17.0. The van der Waals surface area contributed by atoms with Gasteiger partial charge in [0.25, 0.3) is 0 Å². The smallest absolute Gasteiger partial charge is 0.201 e. The lowest BCUT2D eigenvalue weighted by molar-refractivity contribution is -0.119. The Morgan fingerprint density at radius 2 is 1.84 bits per heavy atom. The summed E-state index contributed by atoms with van der Waals surface area (Å²) in [5.74, 6) is 0.475. The largest absolute Gasteiger partial charge is 0.487 e. The van der Waals surface area contributed by atoms with Gasteiger partial charge in [-0.3, -0.25) is 9.59 Å². The minimum atomic E-state index is -0.137. The maximum atomic E-state index is 11.6. The number of hydrogen-bond donors (Lipinski definition) is 1. The van der Waals surface area contributed by atoms with Crippen LogP contribution in [0.1, 0.15) is 17.5 Å². The van der Waals surface area contributed by atoms with Crippen molar-refractivity contribution in [2.45, 2.75) is 6.42 Å². The number of carbonyl (C=O) groups excluding carboxylic acids is 2. The van der Waals surface area contributed by atoms with Gasteiger partial charge < -0.3 is 9.94 Å². The van der Waals surface area contributed by atoms with Crippen LogP contribution in [-0.4, -0.2) is 28.4 Å². The molecule has 2 aromatic carbocycles. The number of rotatable bonds is 5. The fourth-order valence-electron chi connectivity index (χ4n) is 2.31. The van der Waals surface area contributed by atoms with E-state index in [1.807, 2.05) is 30.3 Å². The lowest BCUT2D eigenvalue weighted by atomic mass is 10.1. The number of ketones is 1. The van der Waals surface area contributed by atoms with E-state index in [9.17, 15) is 9.59 Å². The normalized spacial score (nSPS) is 16.5. The highest BCUT2D eigenvalue weighted by Gasteiger charge is 2.25. The van der Waals surface area contributed by atoms with Gasteiger partial charge in [0.1, 0.15) is 18.1 Å². The summed E-state index contributed by atoms with van der Waals surface area (Å²) in [7, 11) is 0. The van der Waals surface area contributed by atoms with Gasteiger partial charge in [-0.2, -0.15) is 0 Å². The molecule has 2 aromatic rings. The third-order valence-electron chi connectivity index (χ3n) is 3.58. The number of carbonyl (C=O) groups is 2. The quantitative estimate of drug-likeness (QED) is 0.293. The van der Waals surface area contributed by atoms with Crippen LogP contribution in [0.2, 0.25) is 0 Å². The third kappa shape index (κ3) is 4.36. The predicted octanol–water partition coefficient (Wildman–Crippen LogP) is 3.52. The minimum Gasteiger partial charge on any atom is -0.487 e. The second kappa shape index (κ2) is 7.81. The van der Waals surface area contributed by atoms with Gasteiger partial charge in [0.05, 0.1) is 11.3 Å². The van der Waals surface area contributed by atoms with Crippen molar-refractivity contribution in [1.29, 1.82) is 0 Å². The summed E-state index contributed by atoms with van der Waals surface area (Å²) in [6, 6.07) is 16.4. The van der Waals surface area contributed by atoms with E-state index in [0.29, 0.717) is 16.4 Å². The van der Waals surface area contributed by atoms with Crippen LogP contribution < -0.4 is 4.74 Å². The average Bonchev–Trinajstić information content (AvgIpc) is 2.95. The molecule has 1 aliphatic rings. The van der Waals surface area contributed by atoms with Gasteiger partial charge in [0, 0.05) is 5.56 Å². The fraction of sp³-hybridized carbons (Fsp3) is 0.105. The van der Waals surface area contributed by atoms with Gasteiger partial charge in [0.15, 0.2) is 5.78 Å². The standard InChI is InChI=1S/C19H15NO4S/c21-17-11-19(22)25-18(17)10-13-6-8-15(9-7-13)24-12-16(20-23)14-4-2-1-3-5-14/h1-10,23H,11-12H2/b18-10-,20-16?. The molecule has 0 atom stereocenters. The van der Waals surface area contributed by atoms with Crippen LogP contribution in [-0.2, 0) is 9.59 Å². The first-order valence-corrected chi connectivity index (χ1v) is 8.42. The van der Waals surface area contributed by atoms with Crippen LogP contribution in [0.25, 0.3) is 6.08 Å². The molecule has 0 amide bonds. The van der Waals surface area contributed by atoms with Crippen LogP contribution >= 0.6 is 11.8 Å². The van der Waals surface area contributed by atoms with E-state index in [2.05, 4.69) is 5.16 Å². The third-order valence-corrected chi connectivity index (χ3v) is 4.52. The molecule has 0 saturated carbocycles. The molecule has 0 spiro atoms. The van der Waals surface area contributed by atoms with Crippen molar-refractivity contribution in [3.8, 4) is 5.75 Å². The van der Waals surface area contributed by atoms with Crippen LogP contribution in [0.5, 0.6) is 5.75 Å². The van der Waals surface area contributed by atoms with Gasteiger partial charge in [0.2, 0.25) is 5.12 Å². The summed E-state index contributed by atoms with van der Waals surface area (Å²) in [5, 5.41) is 12.3. The molecule has 126 valence electrons. The van der Waals surface area contributed by atoms with Crippen molar-refractivity contribution in [1.82, 2.24) is 0 Å². The molecule has 25 heavy (non-hydrogen) atoms. The highest BCUT2D eigenvalue weighted by molar-refractivity contribution is 8.18. The predicted molar refractivity (Wildman–Crippen MR) is 96.9 cm³/mol. The Labute approximate surface area is 149 Å². The lowest BCUT2D eigenvalue weighted by Crippen LogP contribution is -2.12. The van der Waals surface area contributed by atoms with Crippen molar-refractivity contribution in [3.63, 3.8) is 0 Å². The Hall–Kier alpha value is -2.86. The van der Waals surface area contributed by atoms with Crippen LogP contribution in [0.3, 0.4) is 0 Å². The number of allylic oxidation sites excluding steroid dienone is 1. The zero-order valence-corrected chi connectivity index (χ0v) is 14.0. The molecule has 0 aromatic heterocycles. The van der Waals surface area contributed by atoms with E-state index < -0.39 is 0 Å². The van der Waals surface area contributed by atoms with Gasteiger partial charge in [-0.15, -0.1) is 0 Å². The topological polar surface area (TPSA) is 76.0 Å². The van der Waals surface area contributed by atoms with Crippen molar-refractivity contribution >= 4 is 34.4 Å². The van der Waals surface area contributed by atoms with E-state index in [0.717, 1.165) is 22.9 Å². The molecule has 1 heterocycles. The van der Waals surface area contributed by atoms with Crippen molar-refractivity contribution in [2.24, 2.45) is 5.16 Å². The molecule has 0 radical (unpaired) electrons. The summed E-state index contributed by atoms with van der Waals surface area (Å²) < 4.78 is 5.64. The molecule has 1 fully saturated rings. The van der Waals surface area contributed by atoms with Crippen molar-refractivity contribution in [2.75, 3.05) is 6.61 Å². The monoisotopic (exact) mass is 353 g/mol. The second-order valence-corrected chi connectivity index (χ2v) is 6.45. The molecular weight excluding hydrogens is 338 g/mol. The minimum absolute atomic E-state index is 0.0273. The van der Waals surface area contributed by atoms with Gasteiger partial charge in [-0.1, -0.05) is 47.6 Å². The van der Waals surface area contributed by atoms with Gasteiger partial charge >= 0.3 is 0 Å². The Morgan fingerprint density at radius 1 is 1.12 bits per heavy atom. The summed E-state index contributed by atoms with van der Waals surface area (Å²) in [4.78, 5) is 23.4. The van der Waals surface area contributed by atoms with E-state index >= 15 is 0 Å². The molecule has 5 nitrogen and oxygen atoms in total. The Bertz CT molecular complexity index is 841. The van der Waals surface area contributed by atoms with Crippen LogP contribution in [0.15, 0.2) is 64.7 Å². The van der Waals surface area contributed by atoms with Crippen LogP contribution in [0.4, 0.5) is 0 Å². The molecule has 0 bridgehead atoms. The lowest BCUT2D eigenvalue weighted by Gasteiger charge is -2.08. The van der Waals surface area contributed by atoms with Gasteiger partial charge in [-0.25, -0.2) is 0 Å². The molecule has 0 aliphatic carbocycles. The maximum absolute atomic E-state index is 11.6. The first-order valence-electron chi connectivity index (χ1n) is 7.60. The second-order valence-electron chi connectivity index (χ2n) is 5.35. The zero-order chi connectivity index (χ0) is 17.6. The molecule has 6 heteroatoms. The van der Waals surface area contributed by atoms with Gasteiger partial charge in [-0.05, 0) is 35.5 Å². The summed E-state index contributed by atoms with van der Waals surface area (Å²) in [6.07, 6.45) is 1.67. The van der Waals surface area contributed by atoms with Crippen LogP contribution in [0, 0.1) is 0 Å². The number of oxime groups is 1. The molecule has 1 aliphatic heterocycles. The van der Waals surface area contributed by atoms with E-state index in [1.165, 1.54) is 0 Å². The Kier molecular flexibility index (Phi) is 5.30. The fourth-order valence-corrected chi connectivity index (χ4v) is 3.14. The number of nitrogens with zero attached hydrogens (tertiary/aromatic N) is 1. The Balaban J connectivity index is 1.64. The zero-order valence-electron chi connectivity index (χ0n) is 13.2. The summed E-state index contributed by atoms with van der Waals surface area (Å²) in [5.41, 5.74) is 2.03. The first-order chi connectivity index (χ1) is 12.2. The van der Waals surface area contributed by atoms with Crippen molar-refractivity contribution in [3.05, 3.63) is 70.6 Å². The molecule has 3 rings (SSSR count). The highest BCUT2D eigenvalue weighted by Crippen LogP contribution is 2.30. The molecular formula is C19H15NO4S. The highest BCUT2D eigenvalue weighted by atomic mass is 32.2. The summed E-state index contributed by atoms with van der Waals surface area (Å²) >= 11 is 0.985. The number of thioether (sulfide) groups is 1. The average molecular weight is 353 g/mol. The van der Waals surface area contributed by atoms with E-state index in [-0.39, 0.29) is 23.9 Å². The number of benzene rings is 2. The maximum Gasteiger partial charge on any atom is 0.201 e. The number of hydrogen-bond acceptors (Lipinski definition) is 6. The number of Topliss-reactive ketones (excluding diaryl/α,β-unsaturated/α-hetero) is 1. The van der Waals surface area contributed by atoms with E-state index in [4.69, 9.17) is 9.94 Å². The number of ether oxygens (including phenoxy) is 1. The van der Waals surface area contributed by atoms with E-state index in [1.54, 1.807) is 30.3 Å². The van der Waals surface area contributed by atoms with Crippen molar-refractivity contribution < 1.29 is 19.5 Å². The molecule has 1 N–H and O–H groups in total. The SMILES string of the molecule is O=C1CC(=O)/C(=C/c2ccc(OCC(=NO)c3ccccc3)cc2)S1. The molecule has 0 unspecified atom stereocenters. The summed E-state index contributed by atoms with van der Waals surface area (Å²) in [6.45, 7) is 0.129.